The lowest BCUT2D eigenvalue weighted by atomic mass is 9.73. The molecule has 0 radical (unpaired) electrons. The molecule has 3 N–H and O–H groups in total. The summed E-state index contributed by atoms with van der Waals surface area (Å²) in [4.78, 5) is 12.0. The Bertz CT molecular complexity index is 503. The first-order valence-electron chi connectivity index (χ1n) is 8.30. The Labute approximate surface area is 138 Å². The second-order valence-electron chi connectivity index (χ2n) is 6.70. The number of hydrogen-bond donors (Lipinski definition) is 3. The number of hydrogen-bond acceptors (Lipinski definition) is 3. The number of carbonyl (C=O) groups excluding carboxylic acids is 1. The summed E-state index contributed by atoms with van der Waals surface area (Å²) in [6.07, 6.45) is 3.64. The van der Waals surface area contributed by atoms with E-state index in [2.05, 4.69) is 10.6 Å². The fourth-order valence-corrected chi connectivity index (χ4v) is 3.03. The third-order valence-electron chi connectivity index (χ3n) is 4.72. The average molecular weight is 320 g/mol. The maximum absolute atomic E-state index is 12.0. The topological polar surface area (TPSA) is 70.6 Å². The van der Waals surface area contributed by atoms with Crippen LogP contribution in [0.1, 0.15) is 43.7 Å². The lowest BCUT2D eigenvalue weighted by Gasteiger charge is -2.38. The summed E-state index contributed by atoms with van der Waals surface area (Å²) in [5.74, 6) is 0. The van der Waals surface area contributed by atoms with Gasteiger partial charge in [0.1, 0.15) is 0 Å². The highest BCUT2D eigenvalue weighted by Gasteiger charge is 2.35. The number of benzene rings is 1. The monoisotopic (exact) mass is 320 g/mol. The van der Waals surface area contributed by atoms with Crippen LogP contribution in [0.4, 0.5) is 4.79 Å². The number of methoxy groups -OCH3 is 1. The molecule has 5 nitrogen and oxygen atoms in total. The van der Waals surface area contributed by atoms with E-state index in [9.17, 15) is 9.90 Å². The van der Waals surface area contributed by atoms with Gasteiger partial charge < -0.3 is 20.5 Å². The molecular weight excluding hydrogens is 292 g/mol. The van der Waals surface area contributed by atoms with Crippen LogP contribution in [0.15, 0.2) is 24.3 Å². The van der Waals surface area contributed by atoms with Gasteiger partial charge in [0.2, 0.25) is 0 Å². The van der Waals surface area contributed by atoms with Gasteiger partial charge in [-0.15, -0.1) is 0 Å². The molecule has 0 saturated heterocycles. The predicted octanol–water partition coefficient (Wildman–Crippen LogP) is 2.57. The Balaban J connectivity index is 1.74. The lowest BCUT2D eigenvalue weighted by molar-refractivity contribution is 0.00309. The van der Waals surface area contributed by atoms with Gasteiger partial charge in [-0.25, -0.2) is 4.79 Å². The van der Waals surface area contributed by atoms with Gasteiger partial charge in [0, 0.05) is 25.6 Å². The average Bonchev–Trinajstić information content (AvgIpc) is 2.56. The molecule has 1 fully saturated rings. The van der Waals surface area contributed by atoms with Crippen molar-refractivity contribution in [2.45, 2.75) is 51.9 Å². The number of rotatable bonds is 6. The number of aliphatic hydroxyl groups is 1. The minimum Gasteiger partial charge on any atom is -0.392 e. The molecule has 2 rings (SSSR count). The van der Waals surface area contributed by atoms with Gasteiger partial charge in [-0.05, 0) is 24.0 Å². The molecule has 0 bridgehead atoms. The molecule has 23 heavy (non-hydrogen) atoms. The zero-order chi connectivity index (χ0) is 16.7. The molecular formula is C18H28N2O3. The van der Waals surface area contributed by atoms with Gasteiger partial charge >= 0.3 is 6.03 Å². The third-order valence-corrected chi connectivity index (χ3v) is 4.72. The smallest absolute Gasteiger partial charge is 0.315 e. The summed E-state index contributed by atoms with van der Waals surface area (Å²) in [5.41, 5.74) is 1.95. The van der Waals surface area contributed by atoms with Gasteiger partial charge in [-0.3, -0.25) is 0 Å². The van der Waals surface area contributed by atoms with Gasteiger partial charge in [0.15, 0.2) is 0 Å². The number of urea groups is 1. The first-order chi connectivity index (χ1) is 11.0. The highest BCUT2D eigenvalue weighted by atomic mass is 16.5. The molecule has 0 aliphatic heterocycles. The van der Waals surface area contributed by atoms with Crippen LogP contribution < -0.4 is 10.6 Å². The van der Waals surface area contributed by atoms with Crippen molar-refractivity contribution in [3.05, 3.63) is 35.4 Å². The van der Waals surface area contributed by atoms with Crippen molar-refractivity contribution in [3.8, 4) is 0 Å². The zero-order valence-electron chi connectivity index (χ0n) is 14.1. The van der Waals surface area contributed by atoms with Crippen LogP contribution in [-0.4, -0.2) is 30.9 Å². The third kappa shape index (κ3) is 5.22. The quantitative estimate of drug-likeness (QED) is 0.754. The van der Waals surface area contributed by atoms with Crippen LogP contribution in [0.2, 0.25) is 0 Å². The Morgan fingerprint density at radius 1 is 1.26 bits per heavy atom. The van der Waals surface area contributed by atoms with Crippen molar-refractivity contribution < 1.29 is 14.6 Å². The van der Waals surface area contributed by atoms with E-state index in [1.807, 2.05) is 31.2 Å². The molecule has 1 aromatic carbocycles. The van der Waals surface area contributed by atoms with Crippen LogP contribution in [0.5, 0.6) is 0 Å². The molecule has 1 aliphatic rings. The van der Waals surface area contributed by atoms with E-state index in [0.29, 0.717) is 19.7 Å². The fraction of sp³-hybridized carbons (Fsp3) is 0.611. The van der Waals surface area contributed by atoms with E-state index in [4.69, 9.17) is 4.74 Å². The van der Waals surface area contributed by atoms with Crippen molar-refractivity contribution in [1.29, 1.82) is 0 Å². The largest absolute Gasteiger partial charge is 0.392 e. The van der Waals surface area contributed by atoms with Crippen LogP contribution in [0.3, 0.4) is 0 Å². The first-order valence-corrected chi connectivity index (χ1v) is 8.30. The second-order valence-corrected chi connectivity index (χ2v) is 6.70. The summed E-state index contributed by atoms with van der Waals surface area (Å²) in [7, 11) is 1.67. The normalized spacial score (nSPS) is 24.2. The number of amides is 2. The summed E-state index contributed by atoms with van der Waals surface area (Å²) in [6, 6.07) is 7.78. The Kier molecular flexibility index (Phi) is 6.42. The maximum Gasteiger partial charge on any atom is 0.315 e. The van der Waals surface area contributed by atoms with E-state index < -0.39 is 0 Å². The summed E-state index contributed by atoms with van der Waals surface area (Å²) >= 11 is 0. The molecule has 128 valence electrons. The van der Waals surface area contributed by atoms with Gasteiger partial charge in [-0.1, -0.05) is 44.0 Å². The lowest BCUT2D eigenvalue weighted by Crippen LogP contribution is -2.47. The molecule has 2 amide bonds. The van der Waals surface area contributed by atoms with E-state index >= 15 is 0 Å². The van der Waals surface area contributed by atoms with Crippen molar-refractivity contribution in [2.24, 2.45) is 5.41 Å². The Morgan fingerprint density at radius 3 is 2.61 bits per heavy atom. The minimum absolute atomic E-state index is 0.190. The summed E-state index contributed by atoms with van der Waals surface area (Å²) in [6.45, 7) is 3.63. The van der Waals surface area contributed by atoms with Crippen molar-refractivity contribution in [2.75, 3.05) is 13.7 Å². The van der Waals surface area contributed by atoms with Gasteiger partial charge in [0.05, 0.1) is 12.7 Å². The fourth-order valence-electron chi connectivity index (χ4n) is 3.03. The summed E-state index contributed by atoms with van der Waals surface area (Å²) in [5, 5.41) is 15.9. The zero-order valence-corrected chi connectivity index (χ0v) is 14.1. The number of carbonyl (C=O) groups is 1. The minimum atomic E-state index is -0.329. The Morgan fingerprint density at radius 2 is 1.96 bits per heavy atom. The predicted molar refractivity (Wildman–Crippen MR) is 90.0 cm³/mol. The SMILES string of the molecule is COCc1ccc(CNC(=O)NCC2(C)CCCCC2O)cc1. The Hall–Kier alpha value is -1.59. The molecule has 1 aliphatic carbocycles. The van der Waals surface area contributed by atoms with Gasteiger partial charge in [-0.2, -0.15) is 0 Å². The second kappa shape index (κ2) is 8.31. The first kappa shape index (κ1) is 17.8. The maximum atomic E-state index is 12.0. The van der Waals surface area contributed by atoms with Crippen molar-refractivity contribution in [1.82, 2.24) is 10.6 Å². The molecule has 0 spiro atoms. The van der Waals surface area contributed by atoms with Crippen LogP contribution in [0.25, 0.3) is 0 Å². The number of nitrogens with one attached hydrogen (secondary N) is 2. The molecule has 2 atom stereocenters. The molecule has 1 saturated carbocycles. The highest BCUT2D eigenvalue weighted by molar-refractivity contribution is 5.73. The molecule has 2 unspecified atom stereocenters. The molecule has 0 aromatic heterocycles. The van der Waals surface area contributed by atoms with E-state index in [1.165, 1.54) is 0 Å². The van der Waals surface area contributed by atoms with E-state index in [-0.39, 0.29) is 17.6 Å². The molecule has 0 heterocycles. The van der Waals surface area contributed by atoms with E-state index in [1.54, 1.807) is 7.11 Å². The standard InChI is InChI=1S/C18H28N2O3/c1-18(10-4-3-5-16(18)21)13-20-17(22)19-11-14-6-8-15(9-7-14)12-23-2/h6-9,16,21H,3-5,10-13H2,1-2H3,(H2,19,20,22). The van der Waals surface area contributed by atoms with E-state index in [0.717, 1.165) is 36.8 Å². The van der Waals surface area contributed by atoms with Gasteiger partial charge in [0.25, 0.3) is 0 Å². The molecule has 5 heteroatoms. The number of aliphatic hydroxyl groups excluding tert-OH is 1. The van der Waals surface area contributed by atoms with Crippen LogP contribution in [-0.2, 0) is 17.9 Å². The summed E-state index contributed by atoms with van der Waals surface area (Å²) < 4.78 is 5.07. The van der Waals surface area contributed by atoms with Crippen molar-refractivity contribution in [3.63, 3.8) is 0 Å². The molecule has 1 aromatic rings. The highest BCUT2D eigenvalue weighted by Crippen LogP contribution is 2.35. The van der Waals surface area contributed by atoms with Crippen molar-refractivity contribution >= 4 is 6.03 Å². The van der Waals surface area contributed by atoms with Crippen LogP contribution >= 0.6 is 0 Å². The van der Waals surface area contributed by atoms with Crippen LogP contribution in [0, 0.1) is 5.41 Å². The number of ether oxygens (including phenoxy) is 1.